The van der Waals surface area contributed by atoms with E-state index in [1.807, 2.05) is 6.07 Å². The molecule has 2 radical (unpaired) electrons. The molecule has 0 saturated heterocycles. The van der Waals surface area contributed by atoms with Crippen LogP contribution in [0.3, 0.4) is 0 Å². The molecule has 0 saturated carbocycles. The summed E-state index contributed by atoms with van der Waals surface area (Å²) in [6.07, 6.45) is 1.74. The lowest BCUT2D eigenvalue weighted by Gasteiger charge is -1.87. The molecule has 0 spiro atoms. The molecule has 52 valence electrons. The molecule has 0 aliphatic rings. The van der Waals surface area contributed by atoms with Gasteiger partial charge in [-0.15, -0.1) is 0 Å². The average Bonchev–Trinajstić information content (AvgIpc) is 2.27. The van der Waals surface area contributed by atoms with Gasteiger partial charge in [-0.3, -0.25) is 0 Å². The second-order valence-electron chi connectivity index (χ2n) is 2.15. The van der Waals surface area contributed by atoms with Gasteiger partial charge in [-0.1, -0.05) is 4.56 Å². The summed E-state index contributed by atoms with van der Waals surface area (Å²) >= 11 is 4.72. The van der Waals surface area contributed by atoms with Crippen molar-refractivity contribution in [2.75, 3.05) is 0 Å². The summed E-state index contributed by atoms with van der Waals surface area (Å²) in [5.74, 6) is 0. The smallest absolute Gasteiger partial charge is 0.205 e. The molecule has 0 atom stereocenters. The van der Waals surface area contributed by atoms with E-state index in [1.165, 1.54) is 0 Å². The number of H-pyrrole nitrogens is 1. The highest BCUT2D eigenvalue weighted by atomic mass is 127. The van der Waals surface area contributed by atoms with Crippen LogP contribution in [0.4, 0.5) is 0 Å². The van der Waals surface area contributed by atoms with Crippen molar-refractivity contribution >= 4 is 54.6 Å². The fourth-order valence-electron chi connectivity index (χ4n) is 0.898. The minimum absolute atomic E-state index is 0.843. The molecule has 2 rings (SSSR count). The summed E-state index contributed by atoms with van der Waals surface area (Å²) in [6.45, 7) is 0. The molecule has 0 aliphatic heterocycles. The summed E-state index contributed by atoms with van der Waals surface area (Å²) in [5, 5.41) is 0. The number of hydrogen-bond acceptors (Lipinski definition) is 2. The number of aromatic amines is 1. The first-order valence-electron chi connectivity index (χ1n) is 3.02. The third-order valence-corrected chi connectivity index (χ3v) is 2.16. The van der Waals surface area contributed by atoms with E-state index >= 15 is 0 Å². The quantitative estimate of drug-likeness (QED) is 0.555. The molecule has 2 heterocycles. The lowest BCUT2D eigenvalue weighted by atomic mass is 10.5. The Balaban J connectivity index is 2.82. The van der Waals surface area contributed by atoms with Gasteiger partial charge in [-0.25, -0.2) is 9.97 Å². The number of nitrogens with one attached hydrogen (secondary N) is 1. The Hall–Kier alpha value is -0.118. The van der Waals surface area contributed by atoms with Crippen molar-refractivity contribution in [3.63, 3.8) is 0 Å². The zero-order valence-corrected chi connectivity index (χ0v) is 8.82. The highest BCUT2D eigenvalue weighted by Crippen LogP contribution is 2.06. The molecular formula is C6H3AlIN3. The first-order chi connectivity index (χ1) is 5.25. The van der Waals surface area contributed by atoms with Gasteiger partial charge in [0.05, 0.1) is 6.20 Å². The molecule has 0 bridgehead atoms. The van der Waals surface area contributed by atoms with Crippen molar-refractivity contribution in [3.05, 3.63) is 16.0 Å². The Labute approximate surface area is 85.2 Å². The molecule has 2 aromatic heterocycles. The Morgan fingerprint density at radius 2 is 2.36 bits per heavy atom. The van der Waals surface area contributed by atoms with Crippen LogP contribution in [-0.2, 0) is 0 Å². The fraction of sp³-hybridized carbons (Fsp3) is 0. The monoisotopic (exact) mass is 271 g/mol. The summed E-state index contributed by atoms with van der Waals surface area (Å²) in [4.78, 5) is 11.5. The standard InChI is InChI=1S/C6H3IN3.Al/c7-5-3-9-6-4(10-5)1-2-8-6;/h1,3H,(H,8,9);. The molecule has 3 nitrogen and oxygen atoms in total. The van der Waals surface area contributed by atoms with Gasteiger partial charge in [0.25, 0.3) is 0 Å². The first-order valence-corrected chi connectivity index (χ1v) is 4.68. The molecule has 11 heavy (non-hydrogen) atoms. The van der Waals surface area contributed by atoms with Gasteiger partial charge in [-0.05, 0) is 28.7 Å². The van der Waals surface area contributed by atoms with Crippen molar-refractivity contribution in [2.24, 2.45) is 0 Å². The van der Waals surface area contributed by atoms with Gasteiger partial charge in [0.1, 0.15) is 9.22 Å². The van der Waals surface area contributed by atoms with E-state index in [9.17, 15) is 0 Å². The lowest BCUT2D eigenvalue weighted by molar-refractivity contribution is 1.23. The zero-order chi connectivity index (χ0) is 7.84. The van der Waals surface area contributed by atoms with Crippen molar-refractivity contribution in [3.8, 4) is 0 Å². The van der Waals surface area contributed by atoms with E-state index in [0.717, 1.165) is 19.4 Å². The predicted molar refractivity (Wildman–Crippen MR) is 52.0 cm³/mol. The van der Waals surface area contributed by atoms with Crippen molar-refractivity contribution in [2.45, 2.75) is 0 Å². The molecule has 2 aromatic rings. The van der Waals surface area contributed by atoms with Gasteiger partial charge < -0.3 is 4.98 Å². The highest BCUT2D eigenvalue weighted by molar-refractivity contribution is 14.1. The largest absolute Gasteiger partial charge is 0.361 e. The number of aromatic nitrogens is 3. The predicted octanol–water partition coefficient (Wildman–Crippen LogP) is 0.356. The third-order valence-electron chi connectivity index (χ3n) is 1.33. The van der Waals surface area contributed by atoms with Crippen molar-refractivity contribution in [1.29, 1.82) is 0 Å². The zero-order valence-electron chi connectivity index (χ0n) is 5.50. The maximum absolute atomic E-state index is 4.28. The highest BCUT2D eigenvalue weighted by Gasteiger charge is 1.98. The SMILES string of the molecule is [Al][c]1cc2nc(I)cnc2[nH]1. The van der Waals surface area contributed by atoms with E-state index in [2.05, 4.69) is 53.8 Å². The number of rotatable bonds is 0. The summed E-state index contributed by atoms with van der Waals surface area (Å²) in [6, 6.07) is 1.95. The van der Waals surface area contributed by atoms with Crippen LogP contribution in [0.2, 0.25) is 0 Å². The normalized spacial score (nSPS) is 10.6. The molecule has 1 N–H and O–H groups in total. The molecule has 0 unspecified atom stereocenters. The van der Waals surface area contributed by atoms with E-state index < -0.39 is 0 Å². The maximum Gasteiger partial charge on any atom is 0.205 e. The number of nitrogens with zero attached hydrogens (tertiary/aromatic N) is 2. The van der Waals surface area contributed by atoms with Gasteiger partial charge in [0.15, 0.2) is 5.65 Å². The lowest BCUT2D eigenvalue weighted by Crippen LogP contribution is -1.99. The molecule has 0 aromatic carbocycles. The second kappa shape index (κ2) is 2.74. The first kappa shape index (κ1) is 7.53. The fourth-order valence-corrected chi connectivity index (χ4v) is 1.59. The van der Waals surface area contributed by atoms with E-state index in [0.29, 0.717) is 0 Å². The van der Waals surface area contributed by atoms with Crippen LogP contribution in [0, 0.1) is 3.70 Å². The number of hydrogen-bond donors (Lipinski definition) is 1. The van der Waals surface area contributed by atoms with Gasteiger partial charge in [0.2, 0.25) is 16.3 Å². The van der Waals surface area contributed by atoms with E-state index in [-0.39, 0.29) is 0 Å². The summed E-state index contributed by atoms with van der Waals surface area (Å²) in [7, 11) is 0. The molecule has 5 heteroatoms. The minimum atomic E-state index is 0.843. The van der Waals surface area contributed by atoms with Crippen molar-refractivity contribution in [1.82, 2.24) is 15.0 Å². The summed E-state index contributed by atoms with van der Waals surface area (Å²) < 4.78 is 1.93. The summed E-state index contributed by atoms with van der Waals surface area (Å²) in [5.41, 5.74) is 1.76. The van der Waals surface area contributed by atoms with Gasteiger partial charge >= 0.3 is 0 Å². The van der Waals surface area contributed by atoms with Crippen LogP contribution in [0.15, 0.2) is 12.3 Å². The maximum atomic E-state index is 4.28. The Morgan fingerprint density at radius 3 is 3.18 bits per heavy atom. The Morgan fingerprint density at radius 1 is 1.55 bits per heavy atom. The van der Waals surface area contributed by atoms with Gasteiger partial charge in [-0.2, -0.15) is 0 Å². The van der Waals surface area contributed by atoms with Crippen LogP contribution in [0.1, 0.15) is 0 Å². The van der Waals surface area contributed by atoms with Crippen LogP contribution in [0.25, 0.3) is 11.2 Å². The van der Waals surface area contributed by atoms with Crippen molar-refractivity contribution < 1.29 is 0 Å². The number of halogens is 1. The molecule has 0 aliphatic carbocycles. The Kier molecular flexibility index (Phi) is 1.87. The van der Waals surface area contributed by atoms with Gasteiger partial charge in [0, 0.05) is 0 Å². The second-order valence-corrected chi connectivity index (χ2v) is 3.88. The van der Waals surface area contributed by atoms with Crippen LogP contribution in [-0.4, -0.2) is 31.2 Å². The topological polar surface area (TPSA) is 41.6 Å². The minimum Gasteiger partial charge on any atom is -0.361 e. The number of fused-ring (bicyclic) bond motifs is 1. The van der Waals surface area contributed by atoms with E-state index in [1.54, 1.807) is 6.20 Å². The Bertz CT molecular complexity index is 398. The molecular weight excluding hydrogens is 268 g/mol. The van der Waals surface area contributed by atoms with Crippen LogP contribution in [0.5, 0.6) is 0 Å². The average molecular weight is 271 g/mol. The van der Waals surface area contributed by atoms with E-state index in [4.69, 9.17) is 0 Å². The molecule has 0 fully saturated rings. The third kappa shape index (κ3) is 1.41. The van der Waals surface area contributed by atoms with Crippen LogP contribution >= 0.6 is 22.6 Å². The molecule has 0 amide bonds. The van der Waals surface area contributed by atoms with Crippen LogP contribution < -0.4 is 4.56 Å².